The molecule has 39 heavy (non-hydrogen) atoms. The highest BCUT2D eigenvalue weighted by molar-refractivity contribution is 6.04. The maximum atomic E-state index is 13.3. The van der Waals surface area contributed by atoms with Gasteiger partial charge in [0, 0.05) is 23.9 Å². The fourth-order valence-electron chi connectivity index (χ4n) is 4.78. The number of rotatable bonds is 7. The molecule has 1 aliphatic carbocycles. The molecule has 11 nitrogen and oxygen atoms in total. The molecule has 2 fully saturated rings. The van der Waals surface area contributed by atoms with Gasteiger partial charge in [0.25, 0.3) is 17.7 Å². The molecule has 2 aliphatic rings. The molecule has 198 valence electrons. The van der Waals surface area contributed by atoms with E-state index >= 15 is 0 Å². The van der Waals surface area contributed by atoms with Crippen molar-refractivity contribution in [3.8, 4) is 17.3 Å². The number of nitriles is 1. The van der Waals surface area contributed by atoms with Gasteiger partial charge in [-0.15, -0.1) is 0 Å². The number of pyridine rings is 1. The summed E-state index contributed by atoms with van der Waals surface area (Å²) in [6.07, 6.45) is 7.47. The Morgan fingerprint density at radius 3 is 2.49 bits per heavy atom. The molecule has 5 N–H and O–H groups in total. The second-order valence-corrected chi connectivity index (χ2v) is 9.69. The fourth-order valence-corrected chi connectivity index (χ4v) is 4.78. The van der Waals surface area contributed by atoms with Crippen molar-refractivity contribution in [3.05, 3.63) is 77.4 Å². The second kappa shape index (κ2) is 10.8. The van der Waals surface area contributed by atoms with Crippen molar-refractivity contribution in [3.63, 3.8) is 0 Å². The molecule has 1 atom stereocenters. The Morgan fingerprint density at radius 1 is 1.08 bits per heavy atom. The minimum Gasteiger partial charge on any atom is -0.364 e. The van der Waals surface area contributed by atoms with Crippen LogP contribution in [0.4, 0.5) is 5.82 Å². The lowest BCUT2D eigenvalue weighted by Crippen LogP contribution is -2.41. The SMILES string of the molecule is N#CC(=CC1CC1)C(=O)N1CCCCC1c1nc(-c2ccc(C(=O)Nc3ccccn3)cc2)c(C(N)=O)n1N. The number of nitrogen functional groups attached to an aromatic ring is 1. The number of carbonyl (C=O) groups excluding carboxylic acids is 3. The lowest BCUT2D eigenvalue weighted by atomic mass is 10.00. The summed E-state index contributed by atoms with van der Waals surface area (Å²) in [6, 6.07) is 13.2. The summed E-state index contributed by atoms with van der Waals surface area (Å²) in [5.74, 6) is 5.89. The van der Waals surface area contributed by atoms with E-state index in [1.807, 2.05) is 6.07 Å². The van der Waals surface area contributed by atoms with Gasteiger partial charge >= 0.3 is 0 Å². The van der Waals surface area contributed by atoms with E-state index in [1.54, 1.807) is 59.6 Å². The van der Waals surface area contributed by atoms with Gasteiger partial charge in [0.15, 0.2) is 11.5 Å². The summed E-state index contributed by atoms with van der Waals surface area (Å²) in [4.78, 5) is 48.8. The zero-order valence-electron chi connectivity index (χ0n) is 21.2. The molecule has 1 aliphatic heterocycles. The minimum absolute atomic E-state index is 0.0114. The van der Waals surface area contributed by atoms with Crippen molar-refractivity contribution in [2.45, 2.75) is 38.1 Å². The van der Waals surface area contributed by atoms with E-state index in [4.69, 9.17) is 11.6 Å². The molecule has 3 aromatic rings. The quantitative estimate of drug-likeness (QED) is 0.242. The number of hydrogen-bond acceptors (Lipinski definition) is 7. The number of primary amides is 1. The molecule has 2 aromatic heterocycles. The first-order chi connectivity index (χ1) is 18.9. The number of piperidine rings is 1. The van der Waals surface area contributed by atoms with Crippen LogP contribution in [0.5, 0.6) is 0 Å². The number of hydrogen-bond donors (Lipinski definition) is 3. The summed E-state index contributed by atoms with van der Waals surface area (Å²) in [5.41, 5.74) is 6.98. The van der Waals surface area contributed by atoms with Crippen molar-refractivity contribution in [2.24, 2.45) is 11.7 Å². The van der Waals surface area contributed by atoms with Crippen LogP contribution >= 0.6 is 0 Å². The van der Waals surface area contributed by atoms with E-state index in [0.29, 0.717) is 35.7 Å². The first-order valence-electron chi connectivity index (χ1n) is 12.8. The molecular formula is C28H28N8O3. The molecule has 3 heterocycles. The van der Waals surface area contributed by atoms with E-state index < -0.39 is 11.9 Å². The van der Waals surface area contributed by atoms with Crippen LogP contribution in [0.25, 0.3) is 11.3 Å². The summed E-state index contributed by atoms with van der Waals surface area (Å²) in [6.45, 7) is 0.446. The molecular weight excluding hydrogens is 496 g/mol. The van der Waals surface area contributed by atoms with Gasteiger partial charge in [0.1, 0.15) is 23.2 Å². The van der Waals surface area contributed by atoms with Crippen LogP contribution in [-0.2, 0) is 4.79 Å². The topological polar surface area (TPSA) is 173 Å². The highest BCUT2D eigenvalue weighted by Crippen LogP contribution is 2.36. The van der Waals surface area contributed by atoms with Gasteiger partial charge in [0.2, 0.25) is 0 Å². The van der Waals surface area contributed by atoms with Crippen LogP contribution in [0.1, 0.15) is 64.8 Å². The summed E-state index contributed by atoms with van der Waals surface area (Å²) >= 11 is 0. The summed E-state index contributed by atoms with van der Waals surface area (Å²) < 4.78 is 1.15. The van der Waals surface area contributed by atoms with Crippen molar-refractivity contribution in [1.82, 2.24) is 19.5 Å². The molecule has 0 radical (unpaired) electrons. The standard InChI is InChI=1S/C28H28N8O3/c29-16-20(15-17-7-8-17)28(39)35-14-4-2-5-21(35)26-34-23(24(25(30)37)36(26)31)18-9-11-19(12-10-18)27(38)33-22-6-1-3-13-32-22/h1,3,6,9-13,15,17,21H,2,4-5,7-8,14,31H2,(H2,30,37)(H,32,33,38). The third-order valence-electron chi connectivity index (χ3n) is 6.94. The molecule has 3 amide bonds. The van der Waals surface area contributed by atoms with E-state index in [0.717, 1.165) is 30.4 Å². The molecule has 1 aromatic carbocycles. The van der Waals surface area contributed by atoms with Gasteiger partial charge in [-0.05, 0) is 62.3 Å². The van der Waals surface area contributed by atoms with Crippen molar-refractivity contribution in [1.29, 1.82) is 5.26 Å². The van der Waals surface area contributed by atoms with E-state index in [-0.39, 0.29) is 34.7 Å². The van der Waals surface area contributed by atoms with Crippen molar-refractivity contribution in [2.75, 3.05) is 17.7 Å². The van der Waals surface area contributed by atoms with E-state index in [9.17, 15) is 19.6 Å². The Hall–Kier alpha value is -4.98. The molecule has 0 bridgehead atoms. The fraction of sp³-hybridized carbons (Fsp3) is 0.286. The highest BCUT2D eigenvalue weighted by atomic mass is 16.2. The van der Waals surface area contributed by atoms with Gasteiger partial charge in [0.05, 0.1) is 6.04 Å². The van der Waals surface area contributed by atoms with Gasteiger partial charge in [-0.2, -0.15) is 5.26 Å². The number of likely N-dealkylation sites (tertiary alicyclic amines) is 1. The number of aromatic nitrogens is 3. The minimum atomic E-state index is -0.775. The molecule has 5 rings (SSSR count). The van der Waals surface area contributed by atoms with Gasteiger partial charge < -0.3 is 21.8 Å². The second-order valence-electron chi connectivity index (χ2n) is 9.69. The largest absolute Gasteiger partial charge is 0.364 e. The predicted octanol–water partition coefficient (Wildman–Crippen LogP) is 2.92. The summed E-state index contributed by atoms with van der Waals surface area (Å²) in [7, 11) is 0. The Balaban J connectivity index is 1.45. The maximum Gasteiger partial charge on any atom is 0.269 e. The number of allylic oxidation sites excluding steroid dienone is 1. The van der Waals surface area contributed by atoms with Gasteiger partial charge in [-0.1, -0.05) is 24.3 Å². The number of anilines is 1. The number of benzene rings is 1. The molecule has 1 saturated heterocycles. The number of amides is 3. The molecule has 1 saturated carbocycles. The van der Waals surface area contributed by atoms with Gasteiger partial charge in [-0.25, -0.2) is 14.6 Å². The Labute approximate surface area is 225 Å². The third kappa shape index (κ3) is 5.36. The molecule has 0 spiro atoms. The molecule has 1 unspecified atom stereocenters. The maximum absolute atomic E-state index is 13.3. The average molecular weight is 525 g/mol. The number of carbonyl (C=O) groups is 3. The normalized spacial score (nSPS) is 17.4. The van der Waals surface area contributed by atoms with Crippen LogP contribution in [-0.4, -0.2) is 43.8 Å². The number of nitrogens with one attached hydrogen (secondary N) is 1. The van der Waals surface area contributed by atoms with Crippen LogP contribution in [0.2, 0.25) is 0 Å². The monoisotopic (exact) mass is 524 g/mol. The van der Waals surface area contributed by atoms with Crippen LogP contribution in [0.15, 0.2) is 60.3 Å². The molecule has 11 heteroatoms. The third-order valence-corrected chi connectivity index (χ3v) is 6.94. The zero-order chi connectivity index (χ0) is 27.5. The van der Waals surface area contributed by atoms with E-state index in [2.05, 4.69) is 15.3 Å². The summed E-state index contributed by atoms with van der Waals surface area (Å²) in [5, 5.41) is 12.3. The Kier molecular flexibility index (Phi) is 7.10. The lowest BCUT2D eigenvalue weighted by molar-refractivity contribution is -0.130. The van der Waals surface area contributed by atoms with Crippen molar-refractivity contribution < 1.29 is 14.4 Å². The van der Waals surface area contributed by atoms with Crippen LogP contribution < -0.4 is 16.9 Å². The predicted molar refractivity (Wildman–Crippen MR) is 143 cm³/mol. The Morgan fingerprint density at radius 2 is 1.85 bits per heavy atom. The first kappa shape index (κ1) is 25.7. The van der Waals surface area contributed by atoms with E-state index in [1.165, 1.54) is 0 Å². The first-order valence-corrected chi connectivity index (χ1v) is 12.8. The zero-order valence-corrected chi connectivity index (χ0v) is 21.2. The average Bonchev–Trinajstić information content (AvgIpc) is 3.71. The number of nitrogens with zero attached hydrogens (tertiary/aromatic N) is 5. The smallest absolute Gasteiger partial charge is 0.269 e. The number of nitrogens with two attached hydrogens (primary N) is 2. The van der Waals surface area contributed by atoms with Crippen LogP contribution in [0, 0.1) is 17.2 Å². The van der Waals surface area contributed by atoms with Gasteiger partial charge in [-0.3, -0.25) is 14.4 Å². The van der Waals surface area contributed by atoms with Crippen LogP contribution in [0.3, 0.4) is 0 Å². The highest BCUT2D eigenvalue weighted by Gasteiger charge is 2.36. The number of imidazole rings is 1. The Bertz CT molecular complexity index is 1480. The lowest BCUT2D eigenvalue weighted by Gasteiger charge is -2.35. The van der Waals surface area contributed by atoms with Crippen molar-refractivity contribution >= 4 is 23.5 Å².